The molecule has 0 aliphatic rings. The number of benzene rings is 2. The van der Waals surface area contributed by atoms with Gasteiger partial charge < -0.3 is 38.4 Å². The smallest absolute Gasteiger partial charge is 0.305 e. The number of fused-ring (bicyclic) bond motifs is 3. The third kappa shape index (κ3) is 12.4. The Morgan fingerprint density at radius 3 is 1.61 bits per heavy atom. The minimum atomic E-state index is -0.662. The first-order valence-corrected chi connectivity index (χ1v) is 21.7. The summed E-state index contributed by atoms with van der Waals surface area (Å²) in [4.78, 5) is 29.5. The average Bonchev–Trinajstić information content (AvgIpc) is 4.15. The van der Waals surface area contributed by atoms with E-state index >= 15 is 0 Å². The number of aromatic nitrogens is 7. The summed E-state index contributed by atoms with van der Waals surface area (Å²) in [6, 6.07) is 43.4. The first-order valence-electron chi connectivity index (χ1n) is 21.2. The zero-order chi connectivity index (χ0) is 47.5. The molecule has 67 heavy (non-hydrogen) atoms. The van der Waals surface area contributed by atoms with Crippen LogP contribution in [0.3, 0.4) is 0 Å². The van der Waals surface area contributed by atoms with Gasteiger partial charge in [-0.15, -0.1) is 11.6 Å². The van der Waals surface area contributed by atoms with E-state index in [1.165, 1.54) is 30.4 Å². The molecule has 7 heterocycles. The van der Waals surface area contributed by atoms with E-state index in [0.717, 1.165) is 52.5 Å². The molecule has 9 aromatic rings. The van der Waals surface area contributed by atoms with Crippen LogP contribution in [0.1, 0.15) is 41.7 Å². The standard InChI is InChI=1S/C18H21N3O.C17H17ClN2O.C8H8N2O.C7H5N3O3/c1-19-12-10-16(14-6-4-3-5-7-14)21-13-11-15-17(21)8-9-18(20-15)22-2;1-21-17-8-7-16-14(19-17)10-12-20(16)15(9-11-18)13-5-3-2-4-6-13;1-11-8-3-2-6-7(10-8)4-5-9-6;1-13-7-3-2-6(10(11)12)5(4-8)9-7/h3-9,11,13,16,19H,10,12H2,1-2H3;2-8,10,12,15H,9,11H2,1H3;2-5,9H,1H3;2-3H,1H3. The Bertz CT molecular complexity index is 3010. The van der Waals surface area contributed by atoms with Crippen molar-refractivity contribution in [1.29, 1.82) is 5.26 Å². The summed E-state index contributed by atoms with van der Waals surface area (Å²) in [5.41, 5.74) is 8.09. The van der Waals surface area contributed by atoms with Gasteiger partial charge in [-0.25, -0.2) is 15.0 Å². The van der Waals surface area contributed by atoms with E-state index < -0.39 is 4.92 Å². The first-order chi connectivity index (χ1) is 32.7. The van der Waals surface area contributed by atoms with Gasteiger partial charge in [0.05, 0.1) is 78.5 Å². The Morgan fingerprint density at radius 2 is 1.13 bits per heavy atom. The molecule has 9 rings (SSSR count). The number of nitriles is 1. The fraction of sp³-hybridized carbons (Fsp3) is 0.220. The quantitative estimate of drug-likeness (QED) is 0.0597. The van der Waals surface area contributed by atoms with Crippen LogP contribution in [0.25, 0.3) is 33.1 Å². The zero-order valence-electron chi connectivity index (χ0n) is 37.7. The van der Waals surface area contributed by atoms with Gasteiger partial charge in [0.15, 0.2) is 0 Å². The van der Waals surface area contributed by atoms with Crippen LogP contribution in [0, 0.1) is 21.4 Å². The monoisotopic (exact) mass is 922 g/mol. The van der Waals surface area contributed by atoms with Crippen LogP contribution in [0.5, 0.6) is 23.5 Å². The van der Waals surface area contributed by atoms with Crippen molar-refractivity contribution in [3.05, 3.63) is 173 Å². The normalized spacial score (nSPS) is 11.4. The number of rotatable bonds is 14. The fourth-order valence-corrected chi connectivity index (χ4v) is 7.49. The molecule has 0 aliphatic heterocycles. The highest BCUT2D eigenvalue weighted by Crippen LogP contribution is 2.30. The maximum absolute atomic E-state index is 10.4. The Hall–Kier alpha value is -8.00. The van der Waals surface area contributed by atoms with E-state index in [0.29, 0.717) is 29.6 Å². The number of alkyl halides is 1. The number of pyridine rings is 4. The molecule has 0 bridgehead atoms. The van der Waals surface area contributed by atoms with Crippen molar-refractivity contribution in [1.82, 2.24) is 39.4 Å². The van der Waals surface area contributed by atoms with Gasteiger partial charge in [0, 0.05) is 54.8 Å². The zero-order valence-corrected chi connectivity index (χ0v) is 38.5. The van der Waals surface area contributed by atoms with Crippen molar-refractivity contribution in [3.63, 3.8) is 0 Å². The van der Waals surface area contributed by atoms with Crippen LogP contribution >= 0.6 is 11.6 Å². The number of aromatic amines is 1. The number of hydrogen-bond acceptors (Lipinski definition) is 12. The lowest BCUT2D eigenvalue weighted by atomic mass is 10.0. The molecule has 17 heteroatoms. The minimum Gasteiger partial charge on any atom is -0.481 e. The number of hydrogen-bond donors (Lipinski definition) is 2. The topological polar surface area (TPSA) is 193 Å². The lowest BCUT2D eigenvalue weighted by Crippen LogP contribution is -2.17. The SMILES string of the molecule is CNCCC(c1ccccc1)n1ccc2nc(OC)ccc21.COc1ccc([N+](=O)[O-])c(C#N)n1.COc1ccc2[nH]ccc2n1.COc1ccc2c(ccn2C(CCCl)c2ccccc2)n1. The van der Waals surface area contributed by atoms with Crippen LogP contribution in [-0.2, 0) is 0 Å². The lowest BCUT2D eigenvalue weighted by molar-refractivity contribution is -0.385. The molecule has 7 aromatic heterocycles. The Labute approximate surface area is 392 Å². The maximum Gasteiger partial charge on any atom is 0.305 e. The van der Waals surface area contributed by atoms with Gasteiger partial charge in [-0.2, -0.15) is 10.2 Å². The van der Waals surface area contributed by atoms with Crippen molar-refractivity contribution < 1.29 is 23.9 Å². The van der Waals surface area contributed by atoms with E-state index in [1.54, 1.807) is 27.4 Å². The molecule has 344 valence electrons. The molecule has 0 saturated carbocycles. The number of H-pyrrole nitrogens is 1. The van der Waals surface area contributed by atoms with Gasteiger partial charge in [-0.1, -0.05) is 60.7 Å². The van der Waals surface area contributed by atoms with Crippen LogP contribution in [0.2, 0.25) is 0 Å². The third-order valence-electron chi connectivity index (χ3n) is 10.6. The highest BCUT2D eigenvalue weighted by atomic mass is 35.5. The van der Waals surface area contributed by atoms with Crippen LogP contribution in [-0.4, -0.2) is 86.9 Å². The molecule has 0 amide bonds. The van der Waals surface area contributed by atoms with E-state index in [4.69, 9.17) is 35.8 Å². The molecular weight excluding hydrogens is 872 g/mol. The van der Waals surface area contributed by atoms with Crippen LogP contribution in [0.4, 0.5) is 5.69 Å². The molecule has 0 fully saturated rings. The molecule has 2 atom stereocenters. The molecule has 0 saturated heterocycles. The number of nitro groups is 1. The second-order valence-electron chi connectivity index (χ2n) is 14.5. The second-order valence-corrected chi connectivity index (χ2v) is 14.9. The van der Waals surface area contributed by atoms with Crippen molar-refractivity contribution in [2.45, 2.75) is 24.9 Å². The fourth-order valence-electron chi connectivity index (χ4n) is 7.29. The number of methoxy groups -OCH3 is 4. The van der Waals surface area contributed by atoms with E-state index in [1.807, 2.05) is 67.8 Å². The minimum absolute atomic E-state index is 0.183. The number of nitrogens with one attached hydrogen (secondary N) is 2. The van der Waals surface area contributed by atoms with Gasteiger partial charge in [0.2, 0.25) is 29.2 Å². The van der Waals surface area contributed by atoms with Gasteiger partial charge >= 0.3 is 5.69 Å². The van der Waals surface area contributed by atoms with Gasteiger partial charge in [0.25, 0.3) is 0 Å². The first kappa shape index (κ1) is 48.5. The summed E-state index contributed by atoms with van der Waals surface area (Å²) < 4.78 is 24.6. The van der Waals surface area contributed by atoms with E-state index in [-0.39, 0.29) is 23.3 Å². The molecule has 0 spiro atoms. The van der Waals surface area contributed by atoms with Crippen molar-refractivity contribution in [2.24, 2.45) is 0 Å². The van der Waals surface area contributed by atoms with Crippen molar-refractivity contribution in [2.75, 3.05) is 47.9 Å². The van der Waals surface area contributed by atoms with Crippen LogP contribution < -0.4 is 24.3 Å². The predicted octanol–water partition coefficient (Wildman–Crippen LogP) is 9.95. The van der Waals surface area contributed by atoms with E-state index in [2.05, 4.69) is 112 Å². The summed E-state index contributed by atoms with van der Waals surface area (Å²) in [6.07, 6.45) is 7.95. The molecule has 2 N–H and O–H groups in total. The molecule has 2 unspecified atom stereocenters. The Kier molecular flexibility index (Phi) is 17.6. The van der Waals surface area contributed by atoms with Crippen molar-refractivity contribution >= 4 is 50.4 Å². The molecular formula is C50H51ClN10O6. The summed E-state index contributed by atoms with van der Waals surface area (Å²) >= 11 is 6.01. The maximum atomic E-state index is 10.4. The molecule has 16 nitrogen and oxygen atoms in total. The molecule has 0 radical (unpaired) electrons. The Balaban J connectivity index is 0.000000153. The number of nitrogens with zero attached hydrogens (tertiary/aromatic N) is 8. The third-order valence-corrected chi connectivity index (χ3v) is 10.8. The van der Waals surface area contributed by atoms with Gasteiger partial charge in [0.1, 0.15) is 6.07 Å². The summed E-state index contributed by atoms with van der Waals surface area (Å²) in [5.74, 6) is 2.73. The number of ether oxygens (including phenoxy) is 4. The van der Waals surface area contributed by atoms with E-state index in [9.17, 15) is 10.1 Å². The Morgan fingerprint density at radius 1 is 0.657 bits per heavy atom. The number of halogens is 1. The highest BCUT2D eigenvalue weighted by molar-refractivity contribution is 6.17. The average molecular weight is 923 g/mol. The summed E-state index contributed by atoms with van der Waals surface area (Å²) in [5, 5.41) is 22.1. The lowest BCUT2D eigenvalue weighted by Gasteiger charge is -2.20. The summed E-state index contributed by atoms with van der Waals surface area (Å²) in [6.45, 7) is 0.961. The molecule has 0 aliphatic carbocycles. The predicted molar refractivity (Wildman–Crippen MR) is 260 cm³/mol. The van der Waals surface area contributed by atoms with Crippen molar-refractivity contribution in [3.8, 4) is 29.6 Å². The molecule has 2 aromatic carbocycles. The van der Waals surface area contributed by atoms with Gasteiger partial charge in [-0.3, -0.25) is 10.1 Å². The largest absolute Gasteiger partial charge is 0.481 e. The summed E-state index contributed by atoms with van der Waals surface area (Å²) in [7, 11) is 8.24. The second kappa shape index (κ2) is 24.3. The van der Waals surface area contributed by atoms with Gasteiger partial charge in [-0.05, 0) is 74.0 Å². The van der Waals surface area contributed by atoms with Crippen LogP contribution in [0.15, 0.2) is 146 Å². The highest BCUT2D eigenvalue weighted by Gasteiger charge is 2.18.